The third-order valence-electron chi connectivity index (χ3n) is 4.95. The summed E-state index contributed by atoms with van der Waals surface area (Å²) in [4.78, 5) is 12.2. The summed E-state index contributed by atoms with van der Waals surface area (Å²) < 4.78 is 0. The predicted octanol–water partition coefficient (Wildman–Crippen LogP) is 2.85. The van der Waals surface area contributed by atoms with Crippen LogP contribution in [0.25, 0.3) is 0 Å². The molecule has 2 nitrogen and oxygen atoms in total. The summed E-state index contributed by atoms with van der Waals surface area (Å²) in [7, 11) is 0. The molecule has 2 aliphatic rings. The molecule has 0 amide bonds. The summed E-state index contributed by atoms with van der Waals surface area (Å²) in [6.07, 6.45) is 5.02. The maximum atomic E-state index is 12.2. The highest BCUT2D eigenvalue weighted by Crippen LogP contribution is 2.57. The van der Waals surface area contributed by atoms with Crippen LogP contribution >= 0.6 is 0 Å². The van der Waals surface area contributed by atoms with Crippen LogP contribution in [0, 0.1) is 10.8 Å². The summed E-state index contributed by atoms with van der Waals surface area (Å²) in [5.41, 5.74) is -0.475. The number of ketones is 1. The number of Topliss-reactive ketones (excluding diaryl/α,β-unsaturated/α-hetero) is 1. The second-order valence-electron chi connectivity index (χ2n) is 6.36. The Labute approximate surface area is 97.7 Å². The van der Waals surface area contributed by atoms with Crippen molar-refractivity contribution in [1.82, 2.24) is 0 Å². The number of hydrogen-bond acceptors (Lipinski definition) is 2. The highest BCUT2D eigenvalue weighted by Gasteiger charge is 2.61. The fourth-order valence-electron chi connectivity index (χ4n) is 3.57. The van der Waals surface area contributed by atoms with Crippen molar-refractivity contribution in [2.75, 3.05) is 0 Å². The van der Waals surface area contributed by atoms with E-state index in [1.165, 1.54) is 5.57 Å². The number of allylic oxidation sites excluding steroid dienone is 1. The van der Waals surface area contributed by atoms with Gasteiger partial charge in [0.2, 0.25) is 0 Å². The Morgan fingerprint density at radius 3 is 2.44 bits per heavy atom. The van der Waals surface area contributed by atoms with Gasteiger partial charge in [-0.2, -0.15) is 0 Å². The number of carbonyl (C=O) groups excluding carboxylic acids is 1. The van der Waals surface area contributed by atoms with E-state index in [0.29, 0.717) is 12.8 Å². The first-order valence-electron chi connectivity index (χ1n) is 6.17. The van der Waals surface area contributed by atoms with Crippen LogP contribution in [-0.4, -0.2) is 16.5 Å². The molecule has 16 heavy (non-hydrogen) atoms. The van der Waals surface area contributed by atoms with Gasteiger partial charge in [0.05, 0.1) is 11.0 Å². The van der Waals surface area contributed by atoms with Crippen molar-refractivity contribution in [3.63, 3.8) is 0 Å². The van der Waals surface area contributed by atoms with Gasteiger partial charge in [-0.05, 0) is 38.5 Å². The second-order valence-corrected chi connectivity index (χ2v) is 6.36. The Morgan fingerprint density at radius 1 is 1.19 bits per heavy atom. The Bertz CT molecular complexity index is 367. The zero-order chi connectivity index (χ0) is 12.2. The molecule has 0 spiro atoms. The molecule has 0 aromatic rings. The number of hydrogen-bond donors (Lipinski definition) is 1. The van der Waals surface area contributed by atoms with Crippen LogP contribution in [0.2, 0.25) is 0 Å². The van der Waals surface area contributed by atoms with E-state index in [2.05, 4.69) is 20.8 Å². The average molecular weight is 222 g/mol. The molecule has 1 saturated carbocycles. The van der Waals surface area contributed by atoms with Crippen molar-refractivity contribution in [2.24, 2.45) is 10.8 Å². The Balaban J connectivity index is 2.57. The topological polar surface area (TPSA) is 37.3 Å². The monoisotopic (exact) mass is 222 g/mol. The molecule has 2 heteroatoms. The molecule has 0 bridgehead atoms. The largest absolute Gasteiger partial charge is 0.388 e. The van der Waals surface area contributed by atoms with Crippen molar-refractivity contribution >= 4 is 5.78 Å². The first-order chi connectivity index (χ1) is 7.23. The third kappa shape index (κ3) is 1.26. The van der Waals surface area contributed by atoms with Crippen LogP contribution in [0.1, 0.15) is 53.4 Å². The molecule has 0 heterocycles. The normalized spacial score (nSPS) is 42.6. The van der Waals surface area contributed by atoms with Gasteiger partial charge in [0.15, 0.2) is 0 Å². The van der Waals surface area contributed by atoms with Gasteiger partial charge in [0, 0.05) is 6.42 Å². The number of aliphatic hydroxyl groups is 1. The molecule has 0 saturated heterocycles. The zero-order valence-corrected chi connectivity index (χ0v) is 10.8. The summed E-state index contributed by atoms with van der Waals surface area (Å²) in [6, 6.07) is 0. The summed E-state index contributed by atoms with van der Waals surface area (Å²) in [6.45, 7) is 8.15. The van der Waals surface area contributed by atoms with Crippen LogP contribution in [0.15, 0.2) is 11.6 Å². The highest BCUT2D eigenvalue weighted by molar-refractivity contribution is 5.89. The number of rotatable bonds is 0. The molecule has 1 fully saturated rings. The van der Waals surface area contributed by atoms with Gasteiger partial charge < -0.3 is 5.11 Å². The molecule has 0 unspecified atom stereocenters. The van der Waals surface area contributed by atoms with Crippen molar-refractivity contribution in [3.05, 3.63) is 11.6 Å². The fraction of sp³-hybridized carbons (Fsp3) is 0.786. The van der Waals surface area contributed by atoms with E-state index in [9.17, 15) is 9.90 Å². The van der Waals surface area contributed by atoms with E-state index in [1.807, 2.05) is 13.0 Å². The number of carbonyl (C=O) groups is 1. The van der Waals surface area contributed by atoms with Crippen molar-refractivity contribution in [2.45, 2.75) is 59.0 Å². The molecule has 1 N–H and O–H groups in total. The first-order valence-corrected chi connectivity index (χ1v) is 6.17. The maximum Gasteiger partial charge on any atom is 0.145 e. The standard InChI is InChI=1S/C14H22O2/c1-10-5-8-14(16)12(2,3)7-6-11(15)13(14,4)9-10/h9,16H,5-8H2,1-4H3/t13-,14+/m0/s1. The minimum atomic E-state index is -0.866. The van der Waals surface area contributed by atoms with Gasteiger partial charge in [-0.15, -0.1) is 0 Å². The number of fused-ring (bicyclic) bond motifs is 1. The van der Waals surface area contributed by atoms with E-state index in [0.717, 1.165) is 12.8 Å². The molecule has 2 aliphatic carbocycles. The third-order valence-corrected chi connectivity index (χ3v) is 4.95. The molecule has 90 valence electrons. The van der Waals surface area contributed by atoms with Crippen LogP contribution in [0.5, 0.6) is 0 Å². The minimum absolute atomic E-state index is 0.174. The van der Waals surface area contributed by atoms with E-state index < -0.39 is 11.0 Å². The fourth-order valence-corrected chi connectivity index (χ4v) is 3.57. The Kier molecular flexibility index (Phi) is 2.36. The van der Waals surface area contributed by atoms with E-state index in [-0.39, 0.29) is 11.2 Å². The molecule has 2 rings (SSSR count). The molecule has 2 atom stereocenters. The van der Waals surface area contributed by atoms with Crippen molar-refractivity contribution in [3.8, 4) is 0 Å². The lowest BCUT2D eigenvalue weighted by molar-refractivity contribution is -0.182. The molecule has 0 aromatic heterocycles. The van der Waals surface area contributed by atoms with E-state index in [1.54, 1.807) is 0 Å². The molecule has 0 aliphatic heterocycles. The van der Waals surface area contributed by atoms with Gasteiger partial charge in [-0.1, -0.05) is 25.5 Å². The van der Waals surface area contributed by atoms with Crippen molar-refractivity contribution < 1.29 is 9.90 Å². The second kappa shape index (κ2) is 3.19. The maximum absolute atomic E-state index is 12.2. The average Bonchev–Trinajstić information content (AvgIpc) is 2.18. The van der Waals surface area contributed by atoms with Crippen LogP contribution in [0.4, 0.5) is 0 Å². The quantitative estimate of drug-likeness (QED) is 0.640. The van der Waals surface area contributed by atoms with Crippen molar-refractivity contribution in [1.29, 1.82) is 0 Å². The predicted molar refractivity (Wildman–Crippen MR) is 64.1 cm³/mol. The highest BCUT2D eigenvalue weighted by atomic mass is 16.3. The molecular weight excluding hydrogens is 200 g/mol. The Morgan fingerprint density at radius 2 is 1.81 bits per heavy atom. The summed E-state index contributed by atoms with van der Waals surface area (Å²) in [5.74, 6) is 0.202. The van der Waals surface area contributed by atoms with E-state index in [4.69, 9.17) is 0 Å². The Hall–Kier alpha value is -0.630. The minimum Gasteiger partial charge on any atom is -0.388 e. The van der Waals surface area contributed by atoms with Gasteiger partial charge in [-0.25, -0.2) is 0 Å². The lowest BCUT2D eigenvalue weighted by Gasteiger charge is -2.57. The molecular formula is C14H22O2. The zero-order valence-electron chi connectivity index (χ0n) is 10.8. The lowest BCUT2D eigenvalue weighted by Crippen LogP contribution is -2.63. The smallest absolute Gasteiger partial charge is 0.145 e. The molecule has 0 radical (unpaired) electrons. The summed E-state index contributed by atoms with van der Waals surface area (Å²) >= 11 is 0. The molecule has 0 aromatic carbocycles. The first kappa shape index (κ1) is 11.8. The van der Waals surface area contributed by atoms with Gasteiger partial charge in [-0.3, -0.25) is 4.79 Å². The van der Waals surface area contributed by atoms with Crippen LogP contribution < -0.4 is 0 Å². The van der Waals surface area contributed by atoms with Gasteiger partial charge >= 0.3 is 0 Å². The van der Waals surface area contributed by atoms with Crippen LogP contribution in [-0.2, 0) is 4.79 Å². The summed E-state index contributed by atoms with van der Waals surface area (Å²) in [5, 5.41) is 11.0. The SMILES string of the molecule is CC1=C[C@@]2(C)C(=O)CCC(C)(C)[C@]2(O)CC1. The lowest BCUT2D eigenvalue weighted by atomic mass is 9.49. The van der Waals surface area contributed by atoms with Crippen LogP contribution in [0.3, 0.4) is 0 Å². The van der Waals surface area contributed by atoms with Gasteiger partial charge in [0.25, 0.3) is 0 Å². The van der Waals surface area contributed by atoms with E-state index >= 15 is 0 Å². The van der Waals surface area contributed by atoms with Gasteiger partial charge in [0.1, 0.15) is 5.78 Å².